The molecule has 0 aromatic heterocycles. The minimum absolute atomic E-state index is 0. The molecule has 0 heterocycles. The van der Waals surface area contributed by atoms with Gasteiger partial charge in [-0.05, 0) is 18.6 Å². The summed E-state index contributed by atoms with van der Waals surface area (Å²) in [6, 6.07) is 4.13. The lowest BCUT2D eigenvalue weighted by molar-refractivity contribution is 0.318. The normalized spacial score (nSPS) is 9.08. The molecule has 0 bridgehead atoms. The number of hydrogen-bond acceptors (Lipinski definition) is 2. The second-order valence-electron chi connectivity index (χ2n) is 2.53. The third-order valence-corrected chi connectivity index (χ3v) is 1.43. The number of nitrogens with two attached hydrogens (primary N) is 1. The molecule has 0 saturated carbocycles. The van der Waals surface area contributed by atoms with Gasteiger partial charge in [0.05, 0.1) is 12.3 Å². The zero-order valence-corrected chi connectivity index (χ0v) is 8.23. The first-order valence-corrected chi connectivity index (χ1v) is 3.92. The standard InChI is InChI=1S/C9H12FNO.ClH/c1-2-5-12-9-4-3-7(10)6-8(9)11;/h3-4,6H,2,5,11H2,1H3;1H. The Morgan fingerprint density at radius 3 is 2.69 bits per heavy atom. The van der Waals surface area contributed by atoms with Crippen molar-refractivity contribution in [2.45, 2.75) is 13.3 Å². The Morgan fingerprint density at radius 2 is 2.15 bits per heavy atom. The summed E-state index contributed by atoms with van der Waals surface area (Å²) in [5, 5.41) is 0. The van der Waals surface area contributed by atoms with Gasteiger partial charge in [-0.3, -0.25) is 0 Å². The van der Waals surface area contributed by atoms with E-state index in [1.54, 1.807) is 6.07 Å². The summed E-state index contributed by atoms with van der Waals surface area (Å²) in [6.45, 7) is 2.61. The molecule has 0 unspecified atom stereocenters. The fourth-order valence-electron chi connectivity index (χ4n) is 0.863. The molecule has 4 heteroatoms. The summed E-state index contributed by atoms with van der Waals surface area (Å²) in [5.41, 5.74) is 5.85. The lowest BCUT2D eigenvalue weighted by Gasteiger charge is -2.06. The summed E-state index contributed by atoms with van der Waals surface area (Å²) in [4.78, 5) is 0. The molecule has 0 aliphatic carbocycles. The second kappa shape index (κ2) is 5.65. The topological polar surface area (TPSA) is 35.2 Å². The first-order chi connectivity index (χ1) is 5.74. The van der Waals surface area contributed by atoms with E-state index in [-0.39, 0.29) is 18.2 Å². The van der Waals surface area contributed by atoms with E-state index in [1.165, 1.54) is 12.1 Å². The van der Waals surface area contributed by atoms with Gasteiger partial charge in [-0.25, -0.2) is 4.39 Å². The molecule has 0 fully saturated rings. The Bertz CT molecular complexity index is 268. The van der Waals surface area contributed by atoms with Gasteiger partial charge in [0.2, 0.25) is 0 Å². The van der Waals surface area contributed by atoms with Crippen LogP contribution in [-0.2, 0) is 0 Å². The fraction of sp³-hybridized carbons (Fsp3) is 0.333. The van der Waals surface area contributed by atoms with Crippen molar-refractivity contribution in [2.75, 3.05) is 12.3 Å². The van der Waals surface area contributed by atoms with Crippen LogP contribution in [0, 0.1) is 5.82 Å². The SMILES string of the molecule is CCCOc1ccc(F)cc1N.Cl. The molecule has 0 radical (unpaired) electrons. The highest BCUT2D eigenvalue weighted by molar-refractivity contribution is 5.85. The smallest absolute Gasteiger partial charge is 0.142 e. The summed E-state index contributed by atoms with van der Waals surface area (Å²) < 4.78 is 17.8. The van der Waals surface area contributed by atoms with Crippen LogP contribution in [0.5, 0.6) is 5.75 Å². The molecule has 0 spiro atoms. The van der Waals surface area contributed by atoms with Gasteiger partial charge >= 0.3 is 0 Å². The van der Waals surface area contributed by atoms with Crippen molar-refractivity contribution in [1.82, 2.24) is 0 Å². The molecule has 0 amide bonds. The lowest BCUT2D eigenvalue weighted by Crippen LogP contribution is -1.99. The summed E-state index contributed by atoms with van der Waals surface area (Å²) >= 11 is 0. The number of rotatable bonds is 3. The summed E-state index contributed by atoms with van der Waals surface area (Å²) in [5.74, 6) is 0.217. The van der Waals surface area contributed by atoms with Crippen molar-refractivity contribution in [3.05, 3.63) is 24.0 Å². The Balaban J connectivity index is 0.00000144. The van der Waals surface area contributed by atoms with Crippen LogP contribution in [0.4, 0.5) is 10.1 Å². The highest BCUT2D eigenvalue weighted by Gasteiger charge is 2.00. The highest BCUT2D eigenvalue weighted by Crippen LogP contribution is 2.21. The van der Waals surface area contributed by atoms with Gasteiger partial charge in [0, 0.05) is 6.07 Å². The quantitative estimate of drug-likeness (QED) is 0.770. The second-order valence-corrected chi connectivity index (χ2v) is 2.53. The molecule has 0 aliphatic heterocycles. The first kappa shape index (κ1) is 12.0. The van der Waals surface area contributed by atoms with E-state index in [9.17, 15) is 4.39 Å². The molecular weight excluding hydrogens is 193 g/mol. The van der Waals surface area contributed by atoms with Gasteiger partial charge in [0.15, 0.2) is 0 Å². The maximum Gasteiger partial charge on any atom is 0.142 e. The zero-order chi connectivity index (χ0) is 8.97. The van der Waals surface area contributed by atoms with Crippen LogP contribution in [-0.4, -0.2) is 6.61 Å². The van der Waals surface area contributed by atoms with E-state index < -0.39 is 0 Å². The molecule has 74 valence electrons. The van der Waals surface area contributed by atoms with Gasteiger partial charge in [-0.1, -0.05) is 6.92 Å². The monoisotopic (exact) mass is 205 g/mol. The van der Waals surface area contributed by atoms with Crippen molar-refractivity contribution < 1.29 is 9.13 Å². The fourth-order valence-corrected chi connectivity index (χ4v) is 0.863. The molecule has 0 atom stereocenters. The van der Waals surface area contributed by atoms with Crippen LogP contribution in [0.25, 0.3) is 0 Å². The lowest BCUT2D eigenvalue weighted by atomic mass is 10.3. The molecule has 2 nitrogen and oxygen atoms in total. The van der Waals surface area contributed by atoms with Gasteiger partial charge in [-0.2, -0.15) is 0 Å². The van der Waals surface area contributed by atoms with E-state index in [4.69, 9.17) is 10.5 Å². The molecule has 0 saturated heterocycles. The predicted octanol–water partition coefficient (Wildman–Crippen LogP) is 2.62. The average molecular weight is 206 g/mol. The zero-order valence-electron chi connectivity index (χ0n) is 7.42. The Kier molecular flexibility index (Phi) is 5.23. The Labute approximate surface area is 83.3 Å². The number of hydrogen-bond donors (Lipinski definition) is 1. The first-order valence-electron chi connectivity index (χ1n) is 3.92. The largest absolute Gasteiger partial charge is 0.491 e. The molecule has 1 aromatic carbocycles. The van der Waals surface area contributed by atoms with Gasteiger partial charge in [-0.15, -0.1) is 12.4 Å². The number of nitrogen functional groups attached to an aromatic ring is 1. The number of benzene rings is 1. The number of halogens is 2. The number of anilines is 1. The molecule has 0 aliphatic rings. The van der Waals surface area contributed by atoms with E-state index in [2.05, 4.69) is 0 Å². The van der Waals surface area contributed by atoms with Crippen LogP contribution in [0.3, 0.4) is 0 Å². The van der Waals surface area contributed by atoms with Gasteiger partial charge in [0.25, 0.3) is 0 Å². The van der Waals surface area contributed by atoms with Crippen LogP contribution in [0.2, 0.25) is 0 Å². The van der Waals surface area contributed by atoms with Crippen molar-refractivity contribution in [3.63, 3.8) is 0 Å². The minimum Gasteiger partial charge on any atom is -0.491 e. The predicted molar refractivity (Wildman–Crippen MR) is 53.8 cm³/mol. The maximum atomic E-state index is 12.5. The summed E-state index contributed by atoms with van der Waals surface area (Å²) in [7, 11) is 0. The average Bonchev–Trinajstić information content (AvgIpc) is 2.03. The van der Waals surface area contributed by atoms with E-state index in [0.29, 0.717) is 18.0 Å². The van der Waals surface area contributed by atoms with E-state index in [0.717, 1.165) is 6.42 Å². The van der Waals surface area contributed by atoms with Gasteiger partial charge < -0.3 is 10.5 Å². The Morgan fingerprint density at radius 1 is 1.46 bits per heavy atom. The molecule has 1 rings (SSSR count). The summed E-state index contributed by atoms with van der Waals surface area (Å²) in [6.07, 6.45) is 0.914. The maximum absolute atomic E-state index is 12.5. The van der Waals surface area contributed by atoms with Crippen molar-refractivity contribution in [3.8, 4) is 5.75 Å². The van der Waals surface area contributed by atoms with E-state index >= 15 is 0 Å². The third kappa shape index (κ3) is 3.51. The highest BCUT2D eigenvalue weighted by atomic mass is 35.5. The van der Waals surface area contributed by atoms with Crippen molar-refractivity contribution in [1.29, 1.82) is 0 Å². The minimum atomic E-state index is -0.337. The number of ether oxygens (including phenoxy) is 1. The molecule has 13 heavy (non-hydrogen) atoms. The van der Waals surface area contributed by atoms with Crippen LogP contribution in [0.15, 0.2) is 18.2 Å². The van der Waals surface area contributed by atoms with Crippen LogP contribution >= 0.6 is 12.4 Å². The molecule has 1 aromatic rings. The molecular formula is C9H13ClFNO. The Hall–Kier alpha value is -0.960. The van der Waals surface area contributed by atoms with Crippen LogP contribution < -0.4 is 10.5 Å². The third-order valence-electron chi connectivity index (χ3n) is 1.43. The van der Waals surface area contributed by atoms with Crippen LogP contribution in [0.1, 0.15) is 13.3 Å². The molecule has 2 N–H and O–H groups in total. The van der Waals surface area contributed by atoms with Crippen molar-refractivity contribution in [2.24, 2.45) is 0 Å². The van der Waals surface area contributed by atoms with Crippen molar-refractivity contribution >= 4 is 18.1 Å². The van der Waals surface area contributed by atoms with E-state index in [1.807, 2.05) is 6.92 Å². The van der Waals surface area contributed by atoms with Gasteiger partial charge in [0.1, 0.15) is 11.6 Å².